The van der Waals surface area contributed by atoms with Gasteiger partial charge in [-0.1, -0.05) is 6.58 Å². The summed E-state index contributed by atoms with van der Waals surface area (Å²) >= 11 is 8.18. The van der Waals surface area contributed by atoms with Gasteiger partial charge in [-0.25, -0.2) is 8.42 Å². The molecule has 0 saturated carbocycles. The predicted molar refractivity (Wildman–Crippen MR) is 106 cm³/mol. The van der Waals surface area contributed by atoms with Crippen molar-refractivity contribution < 1.29 is 17.9 Å². The largest absolute Gasteiger partial charge is 0.494 e. The third kappa shape index (κ3) is 5.45. The quantitative estimate of drug-likeness (QED) is 0.382. The summed E-state index contributed by atoms with van der Waals surface area (Å²) < 4.78 is 36.3. The summed E-state index contributed by atoms with van der Waals surface area (Å²) in [4.78, 5) is 0.405. The monoisotopic (exact) mass is 396 g/mol. The van der Waals surface area contributed by atoms with E-state index in [1.54, 1.807) is 36.4 Å². The Balaban J connectivity index is 2.13. The molecule has 0 aliphatic rings. The molecule has 2 rings (SSSR count). The summed E-state index contributed by atoms with van der Waals surface area (Å²) in [5.41, 5.74) is 0. The van der Waals surface area contributed by atoms with Crippen LogP contribution in [-0.4, -0.2) is 26.5 Å². The van der Waals surface area contributed by atoms with Gasteiger partial charge in [0.25, 0.3) is 0 Å². The maximum Gasteiger partial charge on any atom is 0.206 e. The summed E-state index contributed by atoms with van der Waals surface area (Å²) in [6.45, 7) is 4.24. The number of thiol groups is 2. The lowest BCUT2D eigenvalue weighted by atomic mass is 10.3. The van der Waals surface area contributed by atoms with Crippen molar-refractivity contribution in [1.82, 2.24) is 0 Å². The highest BCUT2D eigenvalue weighted by atomic mass is 32.2. The number of benzene rings is 2. The SMILES string of the molecule is C=C(CS)Oc1ccc(S(=O)(=O)c2ccc(OCCCS)cc2)cc1. The van der Waals surface area contributed by atoms with E-state index in [2.05, 4.69) is 31.8 Å². The standard InChI is InChI=1S/C18H20O4S3/c1-14(13-24)22-16-5-9-18(10-6-16)25(19,20)17-7-3-15(4-8-17)21-11-2-12-23/h3-10,23-24H,1-2,11-13H2. The van der Waals surface area contributed by atoms with Gasteiger partial charge in [0.15, 0.2) is 0 Å². The van der Waals surface area contributed by atoms with E-state index in [0.717, 1.165) is 12.2 Å². The Kier molecular flexibility index (Phi) is 7.28. The number of hydrogen-bond acceptors (Lipinski definition) is 6. The summed E-state index contributed by atoms with van der Waals surface area (Å²) in [6, 6.07) is 12.6. The van der Waals surface area contributed by atoms with E-state index >= 15 is 0 Å². The number of hydrogen-bond donors (Lipinski definition) is 2. The molecule has 2 aromatic carbocycles. The third-order valence-corrected chi connectivity index (χ3v) is 5.73. The fourth-order valence-electron chi connectivity index (χ4n) is 1.99. The second-order valence-electron chi connectivity index (χ2n) is 5.17. The molecule has 0 saturated heterocycles. The van der Waals surface area contributed by atoms with Crippen LogP contribution in [0.4, 0.5) is 0 Å². The van der Waals surface area contributed by atoms with Crippen molar-refractivity contribution in [1.29, 1.82) is 0 Å². The molecule has 0 amide bonds. The van der Waals surface area contributed by atoms with Crippen LogP contribution in [0.3, 0.4) is 0 Å². The second-order valence-corrected chi connectivity index (χ2v) is 7.88. The van der Waals surface area contributed by atoms with Gasteiger partial charge in [0.05, 0.1) is 16.4 Å². The van der Waals surface area contributed by atoms with Crippen molar-refractivity contribution in [3.8, 4) is 11.5 Å². The number of ether oxygens (including phenoxy) is 2. The van der Waals surface area contributed by atoms with Crippen molar-refractivity contribution in [2.75, 3.05) is 18.1 Å². The Bertz CT molecular complexity index is 797. The lowest BCUT2D eigenvalue weighted by molar-refractivity contribution is 0.318. The Morgan fingerprint density at radius 3 is 1.92 bits per heavy atom. The lowest BCUT2D eigenvalue weighted by Crippen LogP contribution is -2.03. The predicted octanol–water partition coefficient (Wildman–Crippen LogP) is 4.04. The van der Waals surface area contributed by atoms with Gasteiger partial charge in [-0.3, -0.25) is 0 Å². The number of sulfone groups is 1. The first-order valence-electron chi connectivity index (χ1n) is 7.62. The molecule has 7 heteroatoms. The van der Waals surface area contributed by atoms with Crippen LogP contribution < -0.4 is 9.47 Å². The Labute approximate surface area is 159 Å². The van der Waals surface area contributed by atoms with Gasteiger partial charge in [-0.15, -0.1) is 0 Å². The molecule has 0 spiro atoms. The smallest absolute Gasteiger partial charge is 0.206 e. The van der Waals surface area contributed by atoms with Crippen LogP contribution in [0, 0.1) is 0 Å². The average molecular weight is 397 g/mol. The molecular weight excluding hydrogens is 376 g/mol. The summed E-state index contributed by atoms with van der Waals surface area (Å²) in [6.07, 6.45) is 0.831. The minimum absolute atomic E-state index is 0.195. The molecule has 2 aromatic rings. The first-order chi connectivity index (χ1) is 12.0. The maximum atomic E-state index is 12.7. The van der Waals surface area contributed by atoms with Gasteiger partial charge < -0.3 is 9.47 Å². The molecule has 0 N–H and O–H groups in total. The Morgan fingerprint density at radius 2 is 1.44 bits per heavy atom. The van der Waals surface area contributed by atoms with E-state index in [9.17, 15) is 8.42 Å². The van der Waals surface area contributed by atoms with Gasteiger partial charge in [0.1, 0.15) is 17.3 Å². The zero-order valence-electron chi connectivity index (χ0n) is 13.6. The highest BCUT2D eigenvalue weighted by Crippen LogP contribution is 2.25. The van der Waals surface area contributed by atoms with Crippen molar-refractivity contribution in [3.63, 3.8) is 0 Å². The van der Waals surface area contributed by atoms with Gasteiger partial charge >= 0.3 is 0 Å². The van der Waals surface area contributed by atoms with E-state index in [1.165, 1.54) is 12.1 Å². The fourth-order valence-corrected chi connectivity index (χ4v) is 3.45. The molecule has 0 bridgehead atoms. The molecule has 0 aromatic heterocycles. The Hall–Kier alpha value is -1.57. The zero-order valence-corrected chi connectivity index (χ0v) is 16.2. The molecule has 0 unspecified atom stereocenters. The van der Waals surface area contributed by atoms with Crippen LogP contribution in [0.1, 0.15) is 6.42 Å². The lowest BCUT2D eigenvalue weighted by Gasteiger charge is -2.09. The van der Waals surface area contributed by atoms with Gasteiger partial charge in [-0.05, 0) is 60.7 Å². The van der Waals surface area contributed by atoms with Gasteiger partial charge in [0, 0.05) is 5.75 Å². The third-order valence-electron chi connectivity index (χ3n) is 3.28. The minimum atomic E-state index is -3.59. The normalized spacial score (nSPS) is 11.1. The van der Waals surface area contributed by atoms with Crippen LogP contribution >= 0.6 is 25.3 Å². The van der Waals surface area contributed by atoms with Crippen molar-refractivity contribution in [2.45, 2.75) is 16.2 Å². The van der Waals surface area contributed by atoms with Crippen molar-refractivity contribution in [3.05, 3.63) is 60.9 Å². The summed E-state index contributed by atoms with van der Waals surface area (Å²) in [5, 5.41) is 0. The van der Waals surface area contributed by atoms with E-state index in [-0.39, 0.29) is 9.79 Å². The van der Waals surface area contributed by atoms with Crippen LogP contribution in [-0.2, 0) is 9.84 Å². The molecule has 0 aliphatic heterocycles. The first-order valence-corrected chi connectivity index (χ1v) is 10.4. The van der Waals surface area contributed by atoms with Crippen molar-refractivity contribution >= 4 is 35.1 Å². The average Bonchev–Trinajstić information content (AvgIpc) is 2.63. The summed E-state index contributed by atoms with van der Waals surface area (Å²) in [7, 11) is -3.59. The molecule has 0 radical (unpaired) electrons. The maximum absolute atomic E-state index is 12.7. The van der Waals surface area contributed by atoms with Crippen LogP contribution in [0.5, 0.6) is 11.5 Å². The fraction of sp³-hybridized carbons (Fsp3) is 0.222. The molecule has 134 valence electrons. The highest BCUT2D eigenvalue weighted by Gasteiger charge is 2.17. The number of rotatable bonds is 9. The Morgan fingerprint density at radius 1 is 0.920 bits per heavy atom. The molecule has 25 heavy (non-hydrogen) atoms. The van der Waals surface area contributed by atoms with Gasteiger partial charge in [-0.2, -0.15) is 25.3 Å². The molecular formula is C18H20O4S3. The first kappa shape index (κ1) is 19.8. The summed E-state index contributed by atoms with van der Waals surface area (Å²) in [5.74, 6) is 2.78. The zero-order chi connectivity index (χ0) is 18.3. The van der Waals surface area contributed by atoms with Crippen LogP contribution in [0.25, 0.3) is 0 Å². The van der Waals surface area contributed by atoms with Crippen LogP contribution in [0.15, 0.2) is 70.7 Å². The van der Waals surface area contributed by atoms with Crippen LogP contribution in [0.2, 0.25) is 0 Å². The topological polar surface area (TPSA) is 52.6 Å². The van der Waals surface area contributed by atoms with E-state index in [4.69, 9.17) is 9.47 Å². The van der Waals surface area contributed by atoms with Crippen molar-refractivity contribution in [2.24, 2.45) is 0 Å². The van der Waals surface area contributed by atoms with E-state index in [1.807, 2.05) is 0 Å². The molecule has 4 nitrogen and oxygen atoms in total. The second kappa shape index (κ2) is 9.22. The minimum Gasteiger partial charge on any atom is -0.494 e. The molecule has 0 atom stereocenters. The highest BCUT2D eigenvalue weighted by molar-refractivity contribution is 7.91. The van der Waals surface area contributed by atoms with Gasteiger partial charge in [0.2, 0.25) is 9.84 Å². The van der Waals surface area contributed by atoms with E-state index in [0.29, 0.717) is 29.6 Å². The van der Waals surface area contributed by atoms with E-state index < -0.39 is 9.84 Å². The molecule has 0 fully saturated rings. The molecule has 0 heterocycles. The molecule has 0 aliphatic carbocycles.